The first kappa shape index (κ1) is 52.4. The van der Waals surface area contributed by atoms with E-state index in [1.807, 2.05) is 0 Å². The van der Waals surface area contributed by atoms with Gasteiger partial charge in [-0.25, -0.2) is 0 Å². The Bertz CT molecular complexity index is 798. The molecule has 0 fully saturated rings. The number of ether oxygens (including phenoxy) is 3. The summed E-state index contributed by atoms with van der Waals surface area (Å²) in [6.07, 6.45) is 45.1. The SMILES string of the molecule is CCCCCCCCCCCCCCCCCC(=O)OCC(COC(=O)CCCCCCCCCCC)OC(=O)CCCCCCCCCCCCCC. The molecule has 0 spiro atoms. The van der Waals surface area contributed by atoms with Crippen LogP contribution in [0.15, 0.2) is 0 Å². The quantitative estimate of drug-likeness (QED) is 0.0349. The molecule has 0 saturated heterocycles. The van der Waals surface area contributed by atoms with Gasteiger partial charge in [-0.2, -0.15) is 0 Å². The smallest absolute Gasteiger partial charge is 0.306 e. The van der Waals surface area contributed by atoms with Crippen molar-refractivity contribution in [2.24, 2.45) is 0 Å². The molecule has 0 saturated carbocycles. The fourth-order valence-corrected chi connectivity index (χ4v) is 7.21. The van der Waals surface area contributed by atoms with E-state index in [4.69, 9.17) is 14.2 Å². The average molecular weight is 765 g/mol. The topological polar surface area (TPSA) is 78.9 Å². The monoisotopic (exact) mass is 765 g/mol. The Balaban J connectivity index is 4.27. The Morgan fingerprint density at radius 3 is 0.741 bits per heavy atom. The molecule has 1 unspecified atom stereocenters. The highest BCUT2D eigenvalue weighted by Crippen LogP contribution is 2.16. The second-order valence-electron chi connectivity index (χ2n) is 16.4. The molecule has 0 radical (unpaired) electrons. The van der Waals surface area contributed by atoms with Crippen LogP contribution < -0.4 is 0 Å². The number of hydrogen-bond acceptors (Lipinski definition) is 6. The van der Waals surface area contributed by atoms with Gasteiger partial charge in [0.15, 0.2) is 6.10 Å². The van der Waals surface area contributed by atoms with Crippen LogP contribution in [0, 0.1) is 0 Å². The number of unbranched alkanes of at least 4 members (excludes halogenated alkanes) is 33. The van der Waals surface area contributed by atoms with Gasteiger partial charge in [-0.15, -0.1) is 0 Å². The van der Waals surface area contributed by atoms with E-state index < -0.39 is 6.10 Å². The number of rotatable bonds is 44. The summed E-state index contributed by atoms with van der Waals surface area (Å²) in [5, 5.41) is 0. The summed E-state index contributed by atoms with van der Waals surface area (Å²) in [5.41, 5.74) is 0. The molecule has 0 aromatic heterocycles. The van der Waals surface area contributed by atoms with Crippen molar-refractivity contribution in [2.75, 3.05) is 13.2 Å². The van der Waals surface area contributed by atoms with Crippen molar-refractivity contribution in [1.82, 2.24) is 0 Å². The molecule has 0 aliphatic carbocycles. The first-order chi connectivity index (χ1) is 26.5. The summed E-state index contributed by atoms with van der Waals surface area (Å²) in [5.74, 6) is -0.850. The average Bonchev–Trinajstić information content (AvgIpc) is 3.17. The van der Waals surface area contributed by atoms with E-state index in [0.717, 1.165) is 57.8 Å². The summed E-state index contributed by atoms with van der Waals surface area (Å²) in [7, 11) is 0. The van der Waals surface area contributed by atoms with Crippen molar-refractivity contribution in [2.45, 2.75) is 277 Å². The molecule has 0 aromatic carbocycles. The van der Waals surface area contributed by atoms with Crippen LogP contribution in [-0.2, 0) is 28.6 Å². The number of carbonyl (C=O) groups excluding carboxylic acids is 3. The predicted molar refractivity (Wildman–Crippen MR) is 229 cm³/mol. The van der Waals surface area contributed by atoms with E-state index in [0.29, 0.717) is 19.3 Å². The lowest BCUT2D eigenvalue weighted by atomic mass is 10.0. The van der Waals surface area contributed by atoms with Gasteiger partial charge in [0.05, 0.1) is 0 Å². The van der Waals surface area contributed by atoms with Gasteiger partial charge in [0.25, 0.3) is 0 Å². The zero-order valence-electron chi connectivity index (χ0n) is 36.5. The maximum absolute atomic E-state index is 12.7. The van der Waals surface area contributed by atoms with Gasteiger partial charge in [0.2, 0.25) is 0 Å². The van der Waals surface area contributed by atoms with Crippen LogP contribution in [0.1, 0.15) is 271 Å². The van der Waals surface area contributed by atoms with Crippen molar-refractivity contribution in [3.05, 3.63) is 0 Å². The molecule has 0 N–H and O–H groups in total. The molecule has 0 aliphatic rings. The van der Waals surface area contributed by atoms with E-state index in [2.05, 4.69) is 20.8 Å². The zero-order valence-corrected chi connectivity index (χ0v) is 36.5. The van der Waals surface area contributed by atoms with Gasteiger partial charge in [-0.1, -0.05) is 233 Å². The molecule has 1 atom stereocenters. The van der Waals surface area contributed by atoms with Crippen LogP contribution in [0.5, 0.6) is 0 Å². The molecule has 0 aliphatic heterocycles. The van der Waals surface area contributed by atoms with Gasteiger partial charge in [0.1, 0.15) is 13.2 Å². The molecule has 320 valence electrons. The highest BCUT2D eigenvalue weighted by molar-refractivity contribution is 5.71. The molecule has 0 bridgehead atoms. The van der Waals surface area contributed by atoms with E-state index >= 15 is 0 Å². The fourth-order valence-electron chi connectivity index (χ4n) is 7.21. The Hall–Kier alpha value is -1.59. The maximum Gasteiger partial charge on any atom is 0.306 e. The number of hydrogen-bond donors (Lipinski definition) is 0. The van der Waals surface area contributed by atoms with Crippen LogP contribution in [0.25, 0.3) is 0 Å². The minimum atomic E-state index is -0.757. The third kappa shape index (κ3) is 41.6. The molecular formula is C48H92O6. The van der Waals surface area contributed by atoms with E-state index in [9.17, 15) is 14.4 Å². The maximum atomic E-state index is 12.7. The first-order valence-corrected chi connectivity index (χ1v) is 24.0. The van der Waals surface area contributed by atoms with Gasteiger partial charge in [0, 0.05) is 19.3 Å². The Morgan fingerprint density at radius 2 is 0.500 bits per heavy atom. The van der Waals surface area contributed by atoms with Crippen LogP contribution in [0.2, 0.25) is 0 Å². The standard InChI is InChI=1S/C48H92O6/c1-4-7-10-13-16-19-21-23-24-25-27-29-32-35-38-41-47(50)53-44-45(43-52-46(49)40-37-34-31-28-18-15-12-9-6-3)54-48(51)42-39-36-33-30-26-22-20-17-14-11-8-5-2/h45H,4-44H2,1-3H3. The van der Waals surface area contributed by atoms with Crippen molar-refractivity contribution < 1.29 is 28.6 Å². The summed E-state index contributed by atoms with van der Waals surface area (Å²) in [6.45, 7) is 6.64. The van der Waals surface area contributed by atoms with Gasteiger partial charge >= 0.3 is 17.9 Å². The molecule has 0 rings (SSSR count). The van der Waals surface area contributed by atoms with Crippen molar-refractivity contribution >= 4 is 17.9 Å². The molecule has 6 heteroatoms. The molecular weight excluding hydrogens is 673 g/mol. The number of carbonyl (C=O) groups is 3. The van der Waals surface area contributed by atoms with Gasteiger partial charge < -0.3 is 14.2 Å². The Labute approximate surface area is 336 Å². The second-order valence-corrected chi connectivity index (χ2v) is 16.4. The predicted octanol–water partition coefficient (Wildman–Crippen LogP) is 15.3. The third-order valence-electron chi connectivity index (χ3n) is 10.9. The van der Waals surface area contributed by atoms with Gasteiger partial charge in [-0.05, 0) is 19.3 Å². The van der Waals surface area contributed by atoms with Crippen molar-refractivity contribution in [1.29, 1.82) is 0 Å². The number of esters is 3. The van der Waals surface area contributed by atoms with Crippen LogP contribution in [-0.4, -0.2) is 37.2 Å². The molecule has 54 heavy (non-hydrogen) atoms. The van der Waals surface area contributed by atoms with E-state index in [1.54, 1.807) is 0 Å². The van der Waals surface area contributed by atoms with Crippen LogP contribution in [0.3, 0.4) is 0 Å². The Kier molecular flexibility index (Phi) is 42.8. The molecule has 0 amide bonds. The van der Waals surface area contributed by atoms with Crippen LogP contribution in [0.4, 0.5) is 0 Å². The van der Waals surface area contributed by atoms with Gasteiger partial charge in [-0.3, -0.25) is 14.4 Å². The third-order valence-corrected chi connectivity index (χ3v) is 10.9. The highest BCUT2D eigenvalue weighted by atomic mass is 16.6. The van der Waals surface area contributed by atoms with Crippen molar-refractivity contribution in [3.8, 4) is 0 Å². The minimum absolute atomic E-state index is 0.0624. The minimum Gasteiger partial charge on any atom is -0.462 e. The van der Waals surface area contributed by atoms with Crippen LogP contribution >= 0.6 is 0 Å². The summed E-state index contributed by atoms with van der Waals surface area (Å²) < 4.78 is 16.7. The normalized spacial score (nSPS) is 11.8. The lowest BCUT2D eigenvalue weighted by Crippen LogP contribution is -2.30. The molecule has 0 heterocycles. The first-order valence-electron chi connectivity index (χ1n) is 24.0. The Morgan fingerprint density at radius 1 is 0.296 bits per heavy atom. The lowest BCUT2D eigenvalue weighted by molar-refractivity contribution is -0.167. The lowest BCUT2D eigenvalue weighted by Gasteiger charge is -2.18. The largest absolute Gasteiger partial charge is 0.462 e. The highest BCUT2D eigenvalue weighted by Gasteiger charge is 2.19. The summed E-state index contributed by atoms with van der Waals surface area (Å²) in [6, 6.07) is 0. The summed E-state index contributed by atoms with van der Waals surface area (Å²) >= 11 is 0. The van der Waals surface area contributed by atoms with E-state index in [1.165, 1.54) is 173 Å². The zero-order chi connectivity index (χ0) is 39.4. The molecule has 6 nitrogen and oxygen atoms in total. The molecule has 0 aromatic rings. The second kappa shape index (κ2) is 44.1. The fraction of sp³-hybridized carbons (Fsp3) is 0.938. The van der Waals surface area contributed by atoms with E-state index in [-0.39, 0.29) is 31.1 Å². The summed E-state index contributed by atoms with van der Waals surface area (Å²) in [4.78, 5) is 37.7. The van der Waals surface area contributed by atoms with Crippen molar-refractivity contribution in [3.63, 3.8) is 0 Å².